The topological polar surface area (TPSA) is 57.0 Å². The Kier molecular flexibility index (Phi) is 2.38. The molecule has 16 heavy (non-hydrogen) atoms. The van der Waals surface area contributed by atoms with Gasteiger partial charge in [-0.25, -0.2) is 14.3 Å². The summed E-state index contributed by atoms with van der Waals surface area (Å²) in [7, 11) is 0. The summed E-state index contributed by atoms with van der Waals surface area (Å²) in [6.07, 6.45) is 4.30. The molecule has 2 aromatic heterocycles. The SMILES string of the molecule is CC(C)(C)OC(=O)n1ccc2nccnc21. The molecule has 0 unspecified atom stereocenters. The largest absolute Gasteiger partial charge is 0.443 e. The summed E-state index contributed by atoms with van der Waals surface area (Å²) >= 11 is 0. The molecule has 0 fully saturated rings. The first-order chi connectivity index (χ1) is 7.47. The Bertz CT molecular complexity index is 525. The van der Waals surface area contributed by atoms with Crippen LogP contribution < -0.4 is 0 Å². The number of hydrogen-bond acceptors (Lipinski definition) is 4. The zero-order valence-corrected chi connectivity index (χ0v) is 9.47. The first-order valence-corrected chi connectivity index (χ1v) is 4.99. The summed E-state index contributed by atoms with van der Waals surface area (Å²) in [6, 6.07) is 1.73. The lowest BCUT2D eigenvalue weighted by molar-refractivity contribution is 0.0543. The van der Waals surface area contributed by atoms with Crippen LogP contribution in [-0.4, -0.2) is 26.2 Å². The molecule has 0 aliphatic carbocycles. The Morgan fingerprint density at radius 1 is 1.31 bits per heavy atom. The fourth-order valence-corrected chi connectivity index (χ4v) is 1.32. The number of hydrogen-bond donors (Lipinski definition) is 0. The monoisotopic (exact) mass is 219 g/mol. The molecule has 0 bridgehead atoms. The van der Waals surface area contributed by atoms with Gasteiger partial charge in [0.05, 0.1) is 0 Å². The van der Waals surface area contributed by atoms with Crippen molar-refractivity contribution in [1.82, 2.24) is 14.5 Å². The number of carbonyl (C=O) groups is 1. The molecule has 0 spiro atoms. The van der Waals surface area contributed by atoms with Gasteiger partial charge >= 0.3 is 6.09 Å². The summed E-state index contributed by atoms with van der Waals surface area (Å²) in [5, 5.41) is 0. The molecule has 0 radical (unpaired) electrons. The van der Waals surface area contributed by atoms with Gasteiger partial charge in [-0.15, -0.1) is 0 Å². The molecular formula is C11H13N3O2. The zero-order chi connectivity index (χ0) is 11.8. The fraction of sp³-hybridized carbons (Fsp3) is 0.364. The first-order valence-electron chi connectivity index (χ1n) is 4.99. The maximum Gasteiger partial charge on any atom is 0.420 e. The lowest BCUT2D eigenvalue weighted by Crippen LogP contribution is -2.26. The van der Waals surface area contributed by atoms with E-state index in [1.165, 1.54) is 4.57 Å². The van der Waals surface area contributed by atoms with Crippen molar-refractivity contribution in [1.29, 1.82) is 0 Å². The quantitative estimate of drug-likeness (QED) is 0.681. The molecule has 0 atom stereocenters. The standard InChI is InChI=1S/C11H13N3O2/c1-11(2,3)16-10(15)14-7-4-8-9(14)13-6-5-12-8/h4-7H,1-3H3. The third kappa shape index (κ3) is 2.03. The van der Waals surface area contributed by atoms with E-state index >= 15 is 0 Å². The summed E-state index contributed by atoms with van der Waals surface area (Å²) in [6.45, 7) is 5.47. The van der Waals surface area contributed by atoms with Crippen LogP contribution in [0.3, 0.4) is 0 Å². The Labute approximate surface area is 93.1 Å². The van der Waals surface area contributed by atoms with Crippen molar-refractivity contribution in [3.8, 4) is 0 Å². The molecular weight excluding hydrogens is 206 g/mol. The molecule has 0 amide bonds. The Balaban J connectivity index is 2.37. The van der Waals surface area contributed by atoms with Crippen molar-refractivity contribution in [2.24, 2.45) is 0 Å². The fourth-order valence-electron chi connectivity index (χ4n) is 1.32. The molecule has 0 saturated heterocycles. The van der Waals surface area contributed by atoms with E-state index in [4.69, 9.17) is 4.74 Å². The van der Waals surface area contributed by atoms with Gasteiger partial charge < -0.3 is 4.74 Å². The van der Waals surface area contributed by atoms with Gasteiger partial charge in [0.15, 0.2) is 5.65 Å². The zero-order valence-electron chi connectivity index (χ0n) is 9.47. The van der Waals surface area contributed by atoms with Crippen LogP contribution in [-0.2, 0) is 4.74 Å². The van der Waals surface area contributed by atoms with E-state index in [1.807, 2.05) is 20.8 Å². The van der Waals surface area contributed by atoms with Gasteiger partial charge in [0.1, 0.15) is 11.1 Å². The molecule has 0 aromatic carbocycles. The van der Waals surface area contributed by atoms with Gasteiger partial charge in [-0.3, -0.25) is 4.98 Å². The van der Waals surface area contributed by atoms with Crippen molar-refractivity contribution >= 4 is 17.3 Å². The van der Waals surface area contributed by atoms with E-state index in [0.717, 1.165) is 0 Å². The maximum atomic E-state index is 11.8. The van der Waals surface area contributed by atoms with Gasteiger partial charge in [0.25, 0.3) is 0 Å². The number of rotatable bonds is 0. The number of nitrogens with zero attached hydrogens (tertiary/aromatic N) is 3. The van der Waals surface area contributed by atoms with Crippen molar-refractivity contribution in [2.75, 3.05) is 0 Å². The minimum absolute atomic E-state index is 0.442. The molecule has 0 aliphatic rings. The predicted octanol–water partition coefficient (Wildman–Crippen LogP) is 2.21. The molecule has 0 aliphatic heterocycles. The van der Waals surface area contributed by atoms with Crippen LogP contribution in [0.2, 0.25) is 0 Å². The highest BCUT2D eigenvalue weighted by Gasteiger charge is 2.19. The highest BCUT2D eigenvalue weighted by Crippen LogP contribution is 2.13. The second-order valence-electron chi connectivity index (χ2n) is 4.43. The summed E-state index contributed by atoms with van der Waals surface area (Å²) in [4.78, 5) is 20.0. The Morgan fingerprint density at radius 3 is 2.69 bits per heavy atom. The number of aromatic nitrogens is 3. The minimum atomic E-state index is -0.518. The van der Waals surface area contributed by atoms with Crippen molar-refractivity contribution in [3.63, 3.8) is 0 Å². The third-order valence-electron chi connectivity index (χ3n) is 1.91. The van der Waals surface area contributed by atoms with Crippen LogP contribution in [0.1, 0.15) is 20.8 Å². The molecule has 2 heterocycles. The van der Waals surface area contributed by atoms with Gasteiger partial charge in [-0.2, -0.15) is 0 Å². The van der Waals surface area contributed by atoms with Crippen LogP contribution in [0.15, 0.2) is 24.7 Å². The highest BCUT2D eigenvalue weighted by molar-refractivity contribution is 5.84. The molecule has 5 heteroatoms. The first kappa shape index (κ1) is 10.6. The third-order valence-corrected chi connectivity index (χ3v) is 1.91. The van der Waals surface area contributed by atoms with E-state index in [0.29, 0.717) is 11.2 Å². The van der Waals surface area contributed by atoms with Gasteiger partial charge in [0, 0.05) is 18.6 Å². The van der Waals surface area contributed by atoms with Crippen LogP contribution in [0.25, 0.3) is 11.2 Å². The second-order valence-corrected chi connectivity index (χ2v) is 4.43. The molecule has 2 rings (SSSR count). The summed E-state index contributed by atoms with van der Waals surface area (Å²) in [5.41, 5.74) is 0.667. The highest BCUT2D eigenvalue weighted by atomic mass is 16.6. The summed E-state index contributed by atoms with van der Waals surface area (Å²) in [5.74, 6) is 0. The maximum absolute atomic E-state index is 11.8. The van der Waals surface area contributed by atoms with Gasteiger partial charge in [-0.1, -0.05) is 0 Å². The molecule has 84 valence electrons. The van der Waals surface area contributed by atoms with Crippen molar-refractivity contribution < 1.29 is 9.53 Å². The lowest BCUT2D eigenvalue weighted by atomic mass is 10.2. The smallest absolute Gasteiger partial charge is 0.420 e. The number of carbonyl (C=O) groups excluding carboxylic acids is 1. The second kappa shape index (κ2) is 3.59. The predicted molar refractivity (Wildman–Crippen MR) is 59.2 cm³/mol. The van der Waals surface area contributed by atoms with Crippen molar-refractivity contribution in [2.45, 2.75) is 26.4 Å². The van der Waals surface area contributed by atoms with E-state index in [2.05, 4.69) is 9.97 Å². The van der Waals surface area contributed by atoms with E-state index in [9.17, 15) is 4.79 Å². The van der Waals surface area contributed by atoms with E-state index in [1.54, 1.807) is 24.7 Å². The Morgan fingerprint density at radius 2 is 2.00 bits per heavy atom. The average Bonchev–Trinajstić information content (AvgIpc) is 2.58. The molecule has 2 aromatic rings. The van der Waals surface area contributed by atoms with Crippen LogP contribution in [0.4, 0.5) is 4.79 Å². The lowest BCUT2D eigenvalue weighted by Gasteiger charge is -2.19. The average molecular weight is 219 g/mol. The molecule has 5 nitrogen and oxygen atoms in total. The Hall–Kier alpha value is -1.91. The summed E-state index contributed by atoms with van der Waals surface area (Å²) < 4.78 is 6.60. The van der Waals surface area contributed by atoms with Crippen LogP contribution >= 0.6 is 0 Å². The van der Waals surface area contributed by atoms with Gasteiger partial charge in [-0.05, 0) is 26.8 Å². The minimum Gasteiger partial charge on any atom is -0.443 e. The van der Waals surface area contributed by atoms with Gasteiger partial charge in [0.2, 0.25) is 0 Å². The van der Waals surface area contributed by atoms with Crippen molar-refractivity contribution in [3.05, 3.63) is 24.7 Å². The van der Waals surface area contributed by atoms with E-state index in [-0.39, 0.29) is 0 Å². The molecule has 0 saturated carbocycles. The van der Waals surface area contributed by atoms with E-state index < -0.39 is 11.7 Å². The normalized spacial score (nSPS) is 11.7. The number of fused-ring (bicyclic) bond motifs is 1. The van der Waals surface area contributed by atoms with Crippen LogP contribution in [0.5, 0.6) is 0 Å². The molecule has 0 N–H and O–H groups in total. The number of ether oxygens (including phenoxy) is 1. The van der Waals surface area contributed by atoms with Crippen LogP contribution in [0, 0.1) is 0 Å².